The fraction of sp³-hybridized carbons (Fsp3) is 0.375. The third-order valence-corrected chi connectivity index (χ3v) is 5.90. The molecule has 2 aliphatic rings. The number of alkyl halides is 3. The fourth-order valence-electron chi connectivity index (χ4n) is 4.49. The van der Waals surface area contributed by atoms with E-state index in [1.54, 1.807) is 4.90 Å². The smallest absolute Gasteiger partial charge is 0.419 e. The van der Waals surface area contributed by atoms with E-state index in [1.807, 2.05) is 36.4 Å². The van der Waals surface area contributed by atoms with Crippen LogP contribution in [0.25, 0.3) is 0 Å². The minimum absolute atomic E-state index is 0.0374. The molecule has 0 saturated carbocycles. The van der Waals surface area contributed by atoms with Crippen LogP contribution in [0.15, 0.2) is 60.2 Å². The van der Waals surface area contributed by atoms with Gasteiger partial charge >= 0.3 is 12.3 Å². The number of ether oxygens (including phenoxy) is 1. The molecule has 164 valence electrons. The van der Waals surface area contributed by atoms with E-state index in [9.17, 15) is 22.4 Å². The molecule has 2 bridgehead atoms. The Labute approximate surface area is 178 Å². The maximum atomic E-state index is 13.6. The van der Waals surface area contributed by atoms with Crippen molar-refractivity contribution in [1.29, 1.82) is 0 Å². The second-order valence-electron chi connectivity index (χ2n) is 8.12. The number of nitrogens with zero attached hydrogens (tertiary/aromatic N) is 1. The Morgan fingerprint density at radius 3 is 2.55 bits per heavy atom. The van der Waals surface area contributed by atoms with Crippen molar-refractivity contribution in [3.8, 4) is 0 Å². The summed E-state index contributed by atoms with van der Waals surface area (Å²) in [4.78, 5) is 14.5. The Kier molecular flexibility index (Phi) is 6.03. The number of hydrogen-bond acceptors (Lipinski definition) is 2. The average molecular weight is 433 g/mol. The number of benzene rings is 2. The van der Waals surface area contributed by atoms with Gasteiger partial charge in [0.25, 0.3) is 0 Å². The molecular weight excluding hydrogens is 410 g/mol. The lowest BCUT2D eigenvalue weighted by molar-refractivity contribution is -0.140. The van der Waals surface area contributed by atoms with Gasteiger partial charge in [0.2, 0.25) is 0 Å². The third kappa shape index (κ3) is 4.92. The zero-order valence-electron chi connectivity index (χ0n) is 16.9. The van der Waals surface area contributed by atoms with Gasteiger partial charge in [0.05, 0.1) is 11.6 Å². The molecule has 1 saturated heterocycles. The van der Waals surface area contributed by atoms with Gasteiger partial charge in [-0.05, 0) is 55.4 Å². The van der Waals surface area contributed by atoms with Gasteiger partial charge in [-0.2, -0.15) is 13.2 Å². The lowest BCUT2D eigenvalue weighted by Gasteiger charge is -2.44. The van der Waals surface area contributed by atoms with Crippen LogP contribution < -0.4 is 0 Å². The standard InChI is InChI=1S/C24H23F4NO2/c25-22-10-9-17(14-21(22)24(26,27)28)11-18-12-19-7-4-8-20(13-18)29(19)23(30)31-15-16-5-2-1-3-6-16/h1-3,5-6,9-10,12,14,19-20H,4,7-8,11,13,15H2. The minimum atomic E-state index is -4.73. The van der Waals surface area contributed by atoms with E-state index in [1.165, 1.54) is 6.07 Å². The first-order valence-electron chi connectivity index (χ1n) is 10.4. The summed E-state index contributed by atoms with van der Waals surface area (Å²) in [6.07, 6.45) is 0.362. The molecule has 7 heteroatoms. The normalized spacial score (nSPS) is 20.9. The summed E-state index contributed by atoms with van der Waals surface area (Å²) >= 11 is 0. The summed E-state index contributed by atoms with van der Waals surface area (Å²) < 4.78 is 58.1. The second kappa shape index (κ2) is 8.73. The molecule has 0 N–H and O–H groups in total. The fourth-order valence-corrected chi connectivity index (χ4v) is 4.49. The molecule has 2 unspecified atom stereocenters. The average Bonchev–Trinajstić information content (AvgIpc) is 2.73. The predicted molar refractivity (Wildman–Crippen MR) is 108 cm³/mol. The van der Waals surface area contributed by atoms with Gasteiger partial charge < -0.3 is 4.74 Å². The molecule has 2 heterocycles. The Bertz CT molecular complexity index is 971. The molecule has 3 nitrogen and oxygen atoms in total. The Hall–Kier alpha value is -2.83. The van der Waals surface area contributed by atoms with Crippen molar-refractivity contribution in [2.45, 2.75) is 57.0 Å². The zero-order valence-corrected chi connectivity index (χ0v) is 16.9. The van der Waals surface area contributed by atoms with Gasteiger partial charge in [-0.1, -0.05) is 48.0 Å². The maximum absolute atomic E-state index is 13.6. The van der Waals surface area contributed by atoms with Gasteiger partial charge in [-0.15, -0.1) is 0 Å². The van der Waals surface area contributed by atoms with E-state index in [-0.39, 0.29) is 24.8 Å². The molecule has 2 aliphatic heterocycles. The lowest BCUT2D eigenvalue weighted by Crippen LogP contribution is -2.52. The number of hydrogen-bond donors (Lipinski definition) is 0. The summed E-state index contributed by atoms with van der Waals surface area (Å²) in [5.74, 6) is -1.27. The van der Waals surface area contributed by atoms with Gasteiger partial charge in [0, 0.05) is 6.04 Å². The van der Waals surface area contributed by atoms with Crippen LogP contribution in [0.3, 0.4) is 0 Å². The predicted octanol–water partition coefficient (Wildman–Crippen LogP) is 6.28. The summed E-state index contributed by atoms with van der Waals surface area (Å²) in [7, 11) is 0. The highest BCUT2D eigenvalue weighted by atomic mass is 19.4. The van der Waals surface area contributed by atoms with Crippen molar-refractivity contribution in [2.24, 2.45) is 0 Å². The van der Waals surface area contributed by atoms with Crippen LogP contribution in [0, 0.1) is 5.82 Å². The number of carbonyl (C=O) groups is 1. The number of carbonyl (C=O) groups excluding carboxylic acids is 1. The van der Waals surface area contributed by atoms with Crippen LogP contribution in [-0.2, 0) is 23.9 Å². The molecule has 31 heavy (non-hydrogen) atoms. The van der Waals surface area contributed by atoms with Gasteiger partial charge in [0.15, 0.2) is 0 Å². The summed E-state index contributed by atoms with van der Waals surface area (Å²) in [5, 5.41) is 0. The summed E-state index contributed by atoms with van der Waals surface area (Å²) in [6, 6.07) is 12.4. The molecule has 0 radical (unpaired) electrons. The van der Waals surface area contributed by atoms with Crippen molar-refractivity contribution < 1.29 is 27.1 Å². The molecule has 1 fully saturated rings. The lowest BCUT2D eigenvalue weighted by atomic mass is 9.83. The Morgan fingerprint density at radius 1 is 1.06 bits per heavy atom. The van der Waals surface area contributed by atoms with E-state index >= 15 is 0 Å². The van der Waals surface area contributed by atoms with E-state index in [4.69, 9.17) is 4.74 Å². The van der Waals surface area contributed by atoms with Crippen LogP contribution in [0.2, 0.25) is 0 Å². The molecule has 0 aromatic heterocycles. The number of fused-ring (bicyclic) bond motifs is 2. The van der Waals surface area contributed by atoms with Crippen LogP contribution in [0.4, 0.5) is 22.4 Å². The number of piperidine rings is 1. The highest BCUT2D eigenvalue weighted by Gasteiger charge is 2.38. The first-order chi connectivity index (χ1) is 14.8. The first kappa shape index (κ1) is 21.4. The van der Waals surface area contributed by atoms with E-state index < -0.39 is 17.6 Å². The minimum Gasteiger partial charge on any atom is -0.445 e. The van der Waals surface area contributed by atoms with Crippen molar-refractivity contribution in [2.75, 3.05) is 0 Å². The van der Waals surface area contributed by atoms with Gasteiger partial charge in [0.1, 0.15) is 12.4 Å². The molecule has 2 aromatic carbocycles. The zero-order chi connectivity index (χ0) is 22.0. The topological polar surface area (TPSA) is 29.5 Å². The molecule has 2 aromatic rings. The van der Waals surface area contributed by atoms with E-state index in [0.717, 1.165) is 42.5 Å². The van der Waals surface area contributed by atoms with Crippen LogP contribution in [0.1, 0.15) is 42.4 Å². The molecule has 4 rings (SSSR count). The Morgan fingerprint density at radius 2 is 1.84 bits per heavy atom. The second-order valence-corrected chi connectivity index (χ2v) is 8.12. The molecular formula is C24H23F4NO2. The summed E-state index contributed by atoms with van der Waals surface area (Å²) in [6.45, 7) is 0.196. The largest absolute Gasteiger partial charge is 0.445 e. The highest BCUT2D eigenvalue weighted by Crippen LogP contribution is 2.36. The monoisotopic (exact) mass is 433 g/mol. The molecule has 0 aliphatic carbocycles. The van der Waals surface area contributed by atoms with Crippen molar-refractivity contribution in [3.63, 3.8) is 0 Å². The SMILES string of the molecule is O=C(OCc1ccccc1)N1C2C=C(Cc3ccc(F)c(C(F)(F)F)c3)CC1CCC2. The molecule has 1 amide bonds. The highest BCUT2D eigenvalue weighted by molar-refractivity contribution is 5.69. The van der Waals surface area contributed by atoms with Crippen LogP contribution in [0.5, 0.6) is 0 Å². The van der Waals surface area contributed by atoms with Gasteiger partial charge in [-0.3, -0.25) is 4.90 Å². The van der Waals surface area contributed by atoms with E-state index in [2.05, 4.69) is 0 Å². The summed E-state index contributed by atoms with van der Waals surface area (Å²) in [5.41, 5.74) is 1.05. The van der Waals surface area contributed by atoms with E-state index in [0.29, 0.717) is 18.4 Å². The maximum Gasteiger partial charge on any atom is 0.419 e. The quantitative estimate of drug-likeness (QED) is 0.420. The molecule has 2 atom stereocenters. The first-order valence-corrected chi connectivity index (χ1v) is 10.4. The van der Waals surface area contributed by atoms with Crippen molar-refractivity contribution in [1.82, 2.24) is 4.90 Å². The van der Waals surface area contributed by atoms with Crippen molar-refractivity contribution in [3.05, 3.63) is 82.7 Å². The molecule has 0 spiro atoms. The van der Waals surface area contributed by atoms with Gasteiger partial charge in [-0.25, -0.2) is 9.18 Å². The van der Waals surface area contributed by atoms with Crippen molar-refractivity contribution >= 4 is 6.09 Å². The van der Waals surface area contributed by atoms with Crippen LogP contribution >= 0.6 is 0 Å². The third-order valence-electron chi connectivity index (χ3n) is 5.90. The number of amides is 1. The Balaban J connectivity index is 1.47. The van der Waals surface area contributed by atoms with Crippen LogP contribution in [-0.4, -0.2) is 23.1 Å². The number of rotatable bonds is 4. The number of halogens is 4.